The van der Waals surface area contributed by atoms with Gasteiger partial charge in [0.2, 0.25) is 0 Å². The number of nitrogens with one attached hydrogen (secondary N) is 1. The molecule has 0 amide bonds. The Kier molecular flexibility index (Phi) is 9.88. The van der Waals surface area contributed by atoms with Crippen molar-refractivity contribution in [1.29, 1.82) is 0 Å². The third kappa shape index (κ3) is 7.55. The van der Waals surface area contributed by atoms with E-state index in [1.54, 1.807) is 0 Å². The molecule has 0 aromatic heterocycles. The molecule has 0 aromatic carbocycles. The SMILES string of the molecule is CN(C(O)CC1=CC=C([NH+](C)C(O)CCCC(O)O)CC1)C1CCC(N=O)CC1. The van der Waals surface area contributed by atoms with Gasteiger partial charge in [0.15, 0.2) is 12.5 Å². The third-order valence-electron chi connectivity index (χ3n) is 6.49. The molecule has 2 aliphatic carbocycles. The summed E-state index contributed by atoms with van der Waals surface area (Å²) in [5.41, 5.74) is 2.32. The predicted octanol–water partition coefficient (Wildman–Crippen LogP) is 0.623. The minimum absolute atomic E-state index is 0.0649. The zero-order chi connectivity index (χ0) is 21.4. The predicted molar refractivity (Wildman–Crippen MR) is 111 cm³/mol. The number of allylic oxidation sites excluding steroid dienone is 3. The van der Waals surface area contributed by atoms with Crippen LogP contribution in [0.3, 0.4) is 0 Å². The second kappa shape index (κ2) is 11.9. The molecule has 8 nitrogen and oxygen atoms in total. The highest BCUT2D eigenvalue weighted by Gasteiger charge is 2.28. The molecule has 29 heavy (non-hydrogen) atoms. The molecule has 0 heterocycles. The second-order valence-electron chi connectivity index (χ2n) is 8.55. The Balaban J connectivity index is 1.81. The fraction of sp³-hybridized carbons (Fsp3) is 0.810. The van der Waals surface area contributed by atoms with Crippen LogP contribution in [0.5, 0.6) is 0 Å². The number of rotatable bonds is 11. The zero-order valence-electron chi connectivity index (χ0n) is 17.7. The molecule has 3 unspecified atom stereocenters. The van der Waals surface area contributed by atoms with Crippen LogP contribution in [0.1, 0.15) is 64.2 Å². The Hall–Kier alpha value is -1.16. The van der Waals surface area contributed by atoms with Crippen molar-refractivity contribution < 1.29 is 25.3 Å². The van der Waals surface area contributed by atoms with Gasteiger partial charge < -0.3 is 20.4 Å². The molecule has 3 atom stereocenters. The maximum atomic E-state index is 10.7. The third-order valence-corrected chi connectivity index (χ3v) is 6.49. The van der Waals surface area contributed by atoms with E-state index in [4.69, 9.17) is 10.2 Å². The first-order valence-electron chi connectivity index (χ1n) is 10.8. The molecule has 0 saturated heterocycles. The van der Waals surface area contributed by atoms with Crippen LogP contribution in [0, 0.1) is 4.91 Å². The van der Waals surface area contributed by atoms with Gasteiger partial charge in [0.05, 0.1) is 13.1 Å². The highest BCUT2D eigenvalue weighted by molar-refractivity contribution is 5.21. The normalized spacial score (nSPS) is 26.1. The molecule has 0 aliphatic heterocycles. The number of nitroso groups, excluding NO2 is 1. The number of nitrogens with zero attached hydrogens (tertiary/aromatic N) is 2. The van der Waals surface area contributed by atoms with Crippen LogP contribution in [-0.4, -0.2) is 70.3 Å². The maximum absolute atomic E-state index is 10.7. The van der Waals surface area contributed by atoms with Crippen LogP contribution in [0.4, 0.5) is 0 Å². The summed E-state index contributed by atoms with van der Waals surface area (Å²) in [5, 5.41) is 41.9. The first-order valence-corrected chi connectivity index (χ1v) is 10.8. The summed E-state index contributed by atoms with van der Waals surface area (Å²) in [4.78, 5) is 13.6. The molecule has 8 heteroatoms. The van der Waals surface area contributed by atoms with Crippen molar-refractivity contribution >= 4 is 0 Å². The van der Waals surface area contributed by atoms with Crippen LogP contribution in [-0.2, 0) is 0 Å². The topological polar surface area (TPSA) is 118 Å². The van der Waals surface area contributed by atoms with Crippen molar-refractivity contribution in [2.24, 2.45) is 5.18 Å². The Morgan fingerprint density at radius 1 is 1.10 bits per heavy atom. The second-order valence-corrected chi connectivity index (χ2v) is 8.55. The number of aliphatic hydroxyl groups excluding tert-OH is 3. The molecule has 1 saturated carbocycles. The van der Waals surface area contributed by atoms with Gasteiger partial charge in [-0.15, -0.1) is 0 Å². The summed E-state index contributed by atoms with van der Waals surface area (Å²) >= 11 is 0. The molecule has 5 N–H and O–H groups in total. The summed E-state index contributed by atoms with van der Waals surface area (Å²) in [5.74, 6) is 0. The quantitative estimate of drug-likeness (QED) is 0.251. The van der Waals surface area contributed by atoms with Crippen molar-refractivity contribution in [2.75, 3.05) is 14.1 Å². The summed E-state index contributed by atoms with van der Waals surface area (Å²) in [6, 6.07) is 0.228. The zero-order valence-corrected chi connectivity index (χ0v) is 17.7. The number of aliphatic hydroxyl groups is 4. The Morgan fingerprint density at radius 2 is 1.79 bits per heavy atom. The van der Waals surface area contributed by atoms with E-state index in [1.807, 2.05) is 25.1 Å². The van der Waals surface area contributed by atoms with Gasteiger partial charge in [-0.3, -0.25) is 9.80 Å². The largest absolute Gasteiger partial charge is 0.378 e. The molecule has 2 aliphatic rings. The molecule has 0 radical (unpaired) electrons. The molecule has 2 rings (SSSR count). The van der Waals surface area contributed by atoms with Crippen LogP contribution in [0.2, 0.25) is 0 Å². The van der Waals surface area contributed by atoms with Crippen molar-refractivity contribution in [2.45, 2.75) is 95.0 Å². The summed E-state index contributed by atoms with van der Waals surface area (Å²) in [6.45, 7) is 0. The standard InChI is InChI=1S/C21H37N3O5/c1-23(19(25)4-3-5-21(27)28)17-10-6-15(7-11-17)14-20(26)24(2)18-12-8-16(22-29)9-13-18/h6,10,16,18-21,25-28H,3-5,7-9,11-14H2,1-2H3/p+1. The van der Waals surface area contributed by atoms with Gasteiger partial charge in [0.25, 0.3) is 0 Å². The molecule has 0 aromatic rings. The number of hydrogen-bond acceptors (Lipinski definition) is 7. The summed E-state index contributed by atoms with van der Waals surface area (Å²) < 4.78 is 0. The van der Waals surface area contributed by atoms with Crippen LogP contribution >= 0.6 is 0 Å². The van der Waals surface area contributed by atoms with Gasteiger partial charge in [-0.1, -0.05) is 16.8 Å². The van der Waals surface area contributed by atoms with Crippen LogP contribution in [0.25, 0.3) is 0 Å². The maximum Gasteiger partial charge on any atom is 0.193 e. The van der Waals surface area contributed by atoms with E-state index in [1.165, 1.54) is 5.57 Å². The van der Waals surface area contributed by atoms with Crippen molar-refractivity contribution in [3.63, 3.8) is 0 Å². The lowest BCUT2D eigenvalue weighted by molar-refractivity contribution is -0.894. The molecular weight excluding hydrogens is 374 g/mol. The number of quaternary nitrogens is 1. The summed E-state index contributed by atoms with van der Waals surface area (Å²) in [7, 11) is 3.88. The Bertz CT molecular complexity index is 573. The van der Waals surface area contributed by atoms with E-state index in [9.17, 15) is 15.1 Å². The number of hydrogen-bond donors (Lipinski definition) is 5. The van der Waals surface area contributed by atoms with Crippen LogP contribution < -0.4 is 4.90 Å². The van der Waals surface area contributed by atoms with E-state index in [-0.39, 0.29) is 12.5 Å². The molecule has 1 fully saturated rings. The minimum Gasteiger partial charge on any atom is -0.378 e. The van der Waals surface area contributed by atoms with Gasteiger partial charge in [-0.05, 0) is 58.1 Å². The molecule has 166 valence electrons. The lowest BCUT2D eigenvalue weighted by Crippen LogP contribution is -3.11. The smallest absolute Gasteiger partial charge is 0.193 e. The molecular formula is C21H38N3O5+. The monoisotopic (exact) mass is 412 g/mol. The molecule has 0 bridgehead atoms. The summed E-state index contributed by atoms with van der Waals surface area (Å²) in [6.07, 6.45) is 8.70. The van der Waals surface area contributed by atoms with Gasteiger partial charge in [-0.2, -0.15) is 4.91 Å². The minimum atomic E-state index is -1.32. The van der Waals surface area contributed by atoms with Gasteiger partial charge in [0.1, 0.15) is 11.9 Å². The van der Waals surface area contributed by atoms with E-state index in [2.05, 4.69) is 11.3 Å². The lowest BCUT2D eigenvalue weighted by atomic mass is 9.90. The average molecular weight is 413 g/mol. The van der Waals surface area contributed by atoms with Gasteiger partial charge in [0, 0.05) is 25.3 Å². The van der Waals surface area contributed by atoms with Crippen molar-refractivity contribution in [3.05, 3.63) is 28.3 Å². The lowest BCUT2D eigenvalue weighted by Gasteiger charge is -2.36. The van der Waals surface area contributed by atoms with E-state index in [0.717, 1.165) is 49.1 Å². The van der Waals surface area contributed by atoms with E-state index in [0.29, 0.717) is 25.3 Å². The first kappa shape index (κ1) is 24.1. The average Bonchev–Trinajstić information content (AvgIpc) is 2.73. The fourth-order valence-electron chi connectivity index (χ4n) is 4.30. The first-order chi connectivity index (χ1) is 13.8. The van der Waals surface area contributed by atoms with Crippen molar-refractivity contribution in [3.8, 4) is 0 Å². The van der Waals surface area contributed by atoms with Gasteiger partial charge in [-0.25, -0.2) is 0 Å². The van der Waals surface area contributed by atoms with Gasteiger partial charge >= 0.3 is 0 Å². The highest BCUT2D eigenvalue weighted by Crippen LogP contribution is 2.27. The van der Waals surface area contributed by atoms with E-state index < -0.39 is 18.7 Å². The Labute approximate surface area is 173 Å². The molecule has 0 spiro atoms. The highest BCUT2D eigenvalue weighted by atomic mass is 16.5. The Morgan fingerprint density at radius 3 is 2.34 bits per heavy atom. The van der Waals surface area contributed by atoms with E-state index >= 15 is 0 Å². The van der Waals surface area contributed by atoms with Crippen molar-refractivity contribution in [1.82, 2.24) is 4.90 Å². The fourth-order valence-corrected chi connectivity index (χ4v) is 4.30. The van der Waals surface area contributed by atoms with Crippen LogP contribution in [0.15, 0.2) is 28.6 Å².